The first-order chi connectivity index (χ1) is 69.2. The largest absolute Gasteiger partial charge is 0.394 e. The highest BCUT2D eigenvalue weighted by atomic mass is 16.8. The Morgan fingerprint density at radius 1 is 0.311 bits per heavy atom. The van der Waals surface area contributed by atoms with E-state index in [0.717, 1.165) is 0 Å². The van der Waals surface area contributed by atoms with Crippen LogP contribution in [-0.4, -0.2) is 565 Å². The Balaban J connectivity index is 0.000000306. The lowest BCUT2D eigenvalue weighted by atomic mass is 9.75. The van der Waals surface area contributed by atoms with Crippen molar-refractivity contribution in [3.63, 3.8) is 0 Å². The number of carbonyl (C=O) groups excluding carboxylic acids is 2. The quantitative estimate of drug-likeness (QED) is 0.0282. The van der Waals surface area contributed by atoms with Crippen LogP contribution in [0.3, 0.4) is 0 Å². The molecule has 0 aromatic rings. The van der Waals surface area contributed by atoms with Gasteiger partial charge in [0.2, 0.25) is 0 Å². The van der Waals surface area contributed by atoms with E-state index in [9.17, 15) is 147 Å². The van der Waals surface area contributed by atoms with Crippen LogP contribution in [0.5, 0.6) is 0 Å². The summed E-state index contributed by atoms with van der Waals surface area (Å²) in [6.45, 7) is 30.2. The number of nitrogens with one attached hydrogen (secondary N) is 2. The van der Waals surface area contributed by atoms with Crippen LogP contribution in [0.15, 0.2) is 25.3 Å². The average molecular weight is 2160 g/mol. The number of hydrogen-bond acceptors (Lipinski definition) is 56. The molecule has 0 aromatic heterocycles. The highest BCUT2D eigenvalue weighted by Crippen LogP contribution is 2.50. The predicted octanol–water partition coefficient (Wildman–Crippen LogP) is -14.6. The van der Waals surface area contributed by atoms with Crippen molar-refractivity contribution < 1.29 is 252 Å². The Labute approximate surface area is 856 Å². The molecule has 0 saturated carbocycles. The maximum atomic E-state index is 11.4. The minimum absolute atomic E-state index is 0.0185. The first-order valence-electron chi connectivity index (χ1n) is 49.3. The maximum absolute atomic E-state index is 11.4. The number of rotatable bonds is 26. The van der Waals surface area contributed by atoms with E-state index in [4.69, 9.17) is 121 Å². The third-order valence-electron chi connectivity index (χ3n) is 28.0. The van der Waals surface area contributed by atoms with Crippen molar-refractivity contribution in [2.24, 2.45) is 28.0 Å². The monoisotopic (exact) mass is 2160 g/mol. The van der Waals surface area contributed by atoms with Crippen LogP contribution in [0.25, 0.3) is 0 Å². The molecule has 0 amide bonds. The molecule has 49 unspecified atom stereocenters. The summed E-state index contributed by atoms with van der Waals surface area (Å²) in [7, 11) is 0. The topological polar surface area (TPSA) is 886 Å². The maximum Gasteiger partial charge on any atom is 0.187 e. The average Bonchev–Trinajstić information content (AvgIpc) is 1.61. The van der Waals surface area contributed by atoms with Gasteiger partial charge in [0, 0.05) is 56.5 Å². The smallest absolute Gasteiger partial charge is 0.187 e. The highest BCUT2D eigenvalue weighted by molar-refractivity contribution is 5.89. The van der Waals surface area contributed by atoms with E-state index < -0.39 is 381 Å². The standard InChI is InChI=1S/C42H70O35.C24H43NO8.C20H40N2O7.C4H6O.C2H8N2/c43-1-8-29-15(50)22(57)36(64-8)72-30-9(2-44)66-38(24(59)17(30)52)74-32-11(4-46)68-40(26(61)19(32)54)76-34-13(6-48)70-42(28(63)21(34)56)77-35-14(7-49)69-41(27(62)20(35)55)75-33-12(5-47)67-39(25(60)18(33)53)73-31-10(3-45)65-37(71-29)23(58)16(31)51;1-9-14(26)11-10-12-25-13-15-18(16(27)17(28)20(30-15)32-22(2,3)4)31-21-19(29)23(5,6)24(7,8)33-21;1-18(2,3)28-16-13(24)12(23)14(11(26-16)10-22-9-8-21)27-17-15(25)19(4,5)20(6,7)29-17;1-3-4(2)5;3-1-2-4/h8-63H,1-7H2;9,15-21,25,27-29H,1,10-13H2,2-8H3;11-17,22-25H,8-10,21H2,1-7H3;3H,1H2,2H3;1-4H2. The molecule has 148 heavy (non-hydrogen) atoms. The second-order valence-electron chi connectivity index (χ2n) is 42.1. The number of allylic oxidation sites excluding steroid dienone is 2. The van der Waals surface area contributed by atoms with Crippen molar-refractivity contribution in [2.45, 2.75) is 440 Å². The highest BCUT2D eigenvalue weighted by Gasteiger charge is 2.64. The summed E-state index contributed by atoms with van der Waals surface area (Å²) in [6, 6.07) is 0. The molecule has 25 saturated heterocycles. The van der Waals surface area contributed by atoms with Crippen LogP contribution in [0.4, 0.5) is 0 Å². The summed E-state index contributed by atoms with van der Waals surface area (Å²) >= 11 is 0. The van der Waals surface area contributed by atoms with Crippen LogP contribution in [0, 0.1) is 10.8 Å². The van der Waals surface area contributed by atoms with E-state index in [1.165, 1.54) is 19.1 Å². The van der Waals surface area contributed by atoms with Gasteiger partial charge in [0.1, 0.15) is 232 Å². The van der Waals surface area contributed by atoms with Gasteiger partial charge in [0.05, 0.1) is 68.7 Å². The van der Waals surface area contributed by atoms with Crippen LogP contribution in [0.1, 0.15) is 117 Å². The molecule has 0 aliphatic carbocycles. The third-order valence-corrected chi connectivity index (χ3v) is 28.0. The molecule has 25 heterocycles. The van der Waals surface area contributed by atoms with Crippen molar-refractivity contribution in [1.29, 1.82) is 0 Å². The minimum atomic E-state index is -2.21. The lowest BCUT2D eigenvalue weighted by Crippen LogP contribution is -2.68. The minimum Gasteiger partial charge on any atom is -0.394 e. The van der Waals surface area contributed by atoms with Gasteiger partial charge in [0.25, 0.3) is 0 Å². The Hall–Kier alpha value is -3.34. The fourth-order valence-corrected chi connectivity index (χ4v) is 17.8. The first-order valence-corrected chi connectivity index (χ1v) is 49.3. The van der Waals surface area contributed by atoms with E-state index in [1.54, 1.807) is 0 Å². The number of carbonyl (C=O) groups is 2. The summed E-state index contributed by atoms with van der Waals surface area (Å²) in [5, 5.41) is 301. The number of ketones is 2. The van der Waals surface area contributed by atoms with Crippen molar-refractivity contribution in [3.8, 4) is 0 Å². The molecule has 25 fully saturated rings. The van der Waals surface area contributed by atoms with Crippen molar-refractivity contribution in [3.05, 3.63) is 25.3 Å². The normalized spacial score (nSPS) is 45.0. The van der Waals surface area contributed by atoms with Gasteiger partial charge in [0.15, 0.2) is 80.8 Å². The molecule has 25 aliphatic heterocycles. The van der Waals surface area contributed by atoms with Gasteiger partial charge in [-0.05, 0) is 101 Å². The van der Waals surface area contributed by atoms with Crippen molar-refractivity contribution in [2.75, 3.05) is 92.1 Å². The zero-order valence-corrected chi connectivity index (χ0v) is 85.8. The first kappa shape index (κ1) is 130. The molecule has 866 valence electrons. The van der Waals surface area contributed by atoms with E-state index in [1.807, 2.05) is 96.9 Å². The van der Waals surface area contributed by atoms with Gasteiger partial charge < -0.3 is 270 Å². The summed E-state index contributed by atoms with van der Waals surface area (Å²) in [6.07, 6.45) is -81.1. The van der Waals surface area contributed by atoms with Gasteiger partial charge in [-0.1, -0.05) is 40.9 Å². The Kier molecular flexibility index (Phi) is 49.5. The molecule has 0 radical (unpaired) electrons. The van der Waals surface area contributed by atoms with Gasteiger partial charge in [-0.15, -0.1) is 0 Å². The number of ether oxygens (including phenoxy) is 22. The van der Waals surface area contributed by atoms with Gasteiger partial charge in [-0.2, -0.15) is 0 Å². The predicted molar refractivity (Wildman–Crippen MR) is 497 cm³/mol. The Morgan fingerprint density at radius 2 is 0.534 bits per heavy atom. The zero-order chi connectivity index (χ0) is 111. The van der Waals surface area contributed by atoms with Crippen LogP contribution in [0.2, 0.25) is 0 Å². The number of aliphatic hydroxyl groups is 27. The van der Waals surface area contributed by atoms with E-state index >= 15 is 0 Å². The van der Waals surface area contributed by atoms with Crippen LogP contribution >= 0.6 is 0 Å². The van der Waals surface area contributed by atoms with Crippen LogP contribution in [-0.2, 0) is 114 Å². The molecule has 35 N–H and O–H groups in total. The van der Waals surface area contributed by atoms with Gasteiger partial charge >= 0.3 is 0 Å². The second-order valence-corrected chi connectivity index (χ2v) is 42.1. The number of nitrogens with two attached hydrogens (primary N) is 3. The van der Waals surface area contributed by atoms with Crippen molar-refractivity contribution >= 4 is 11.6 Å². The molecule has 25 aliphatic rings. The summed E-state index contributed by atoms with van der Waals surface area (Å²) in [4.78, 5) is 21.1. The summed E-state index contributed by atoms with van der Waals surface area (Å²) in [5.41, 5.74) is 11.7. The van der Waals surface area contributed by atoms with E-state index in [-0.39, 0.29) is 18.1 Å². The van der Waals surface area contributed by atoms with Gasteiger partial charge in [-0.3, -0.25) is 9.59 Å². The van der Waals surface area contributed by atoms with Gasteiger partial charge in [-0.25, -0.2) is 0 Å². The molecular formula is C92H167N5O51. The zero-order valence-electron chi connectivity index (χ0n) is 85.8. The number of aliphatic hydroxyl groups excluding tert-OH is 27. The fourth-order valence-electron chi connectivity index (χ4n) is 17.8. The molecule has 14 bridgehead atoms. The fraction of sp³-hybridized carbons (Fsp3) is 0.935. The van der Waals surface area contributed by atoms with E-state index in [2.05, 4.69) is 23.8 Å². The lowest BCUT2D eigenvalue weighted by molar-refractivity contribution is -0.396. The molecule has 0 spiro atoms. The molecule has 49 atom stereocenters. The SMILES string of the molecule is C=CC(=O)CCCNCC1OC(OC(C)(C)C)C(O)C(O)C1OC1OC(C)(C)C(C)(C)C1O.C=CC(C)=O.CC(C)(C)OC1OC(CNCCN)C(OC2OC(C)(C)C(C)(C)C2O)C(O)C1O.NCCN.OCC1OC2OC3C(CO)OC(OC4C(CO)OC(OC5C(CO)OC(OC6C(CO)OC(OC7C(CO)OC(OC8C(CO)OC(OC1C(O)C2O)C(O)C8O)C(O)C7O)C(O)C6O)C(O)C5O)C(O)C4O)C(O)C3O. The molecular weight excluding hydrogens is 1990 g/mol. The molecule has 25 rings (SSSR count). The number of hydrogen-bond donors (Lipinski definition) is 32. The lowest BCUT2D eigenvalue weighted by Gasteiger charge is -2.50. The van der Waals surface area contributed by atoms with Crippen molar-refractivity contribution in [1.82, 2.24) is 10.6 Å². The molecule has 56 nitrogen and oxygen atoms in total. The molecule has 0 aromatic carbocycles. The van der Waals surface area contributed by atoms with E-state index in [0.29, 0.717) is 52.1 Å². The summed E-state index contributed by atoms with van der Waals surface area (Å²) in [5.74, 6) is -0.00767. The summed E-state index contributed by atoms with van der Waals surface area (Å²) < 4.78 is 127. The van der Waals surface area contributed by atoms with Crippen LogP contribution < -0.4 is 27.8 Å². The third kappa shape index (κ3) is 31.3. The Morgan fingerprint density at radius 3 is 0.709 bits per heavy atom. The Bertz CT molecular complexity index is 3560. The second kappa shape index (κ2) is 56.4. The molecule has 56 heteroatoms.